The fraction of sp³-hybridized carbons (Fsp3) is 0.0833. The lowest BCUT2D eigenvalue weighted by molar-refractivity contribution is 0.428. The highest BCUT2D eigenvalue weighted by atomic mass is 16.3. The molecular weight excluding hydrogens is 635 g/mol. The van der Waals surface area contributed by atoms with E-state index in [-0.39, 0.29) is 11.7 Å². The van der Waals surface area contributed by atoms with E-state index < -0.39 is 0 Å². The lowest BCUT2D eigenvalue weighted by atomic mass is 9.82. The van der Waals surface area contributed by atoms with Crippen LogP contribution in [0.3, 0.4) is 0 Å². The first-order valence-electron chi connectivity index (χ1n) is 17.8. The van der Waals surface area contributed by atoms with Crippen LogP contribution in [0, 0.1) is 19.8 Å². The quantitative estimate of drug-likeness (QED) is 0.197. The van der Waals surface area contributed by atoms with Gasteiger partial charge in [-0.05, 0) is 84.2 Å². The number of H-pyrrole nitrogens is 1. The van der Waals surface area contributed by atoms with Crippen molar-refractivity contribution in [1.82, 2.24) is 4.98 Å². The number of hydrogen-bond acceptors (Lipinski definition) is 3. The number of fused-ring (bicyclic) bond motifs is 6. The minimum Gasteiger partial charge on any atom is -0.508 e. The smallest absolute Gasteiger partial charge is 0.120 e. The van der Waals surface area contributed by atoms with Gasteiger partial charge >= 0.3 is 0 Å². The van der Waals surface area contributed by atoms with Gasteiger partial charge in [-0.15, -0.1) is 0 Å². The Kier molecular flexibility index (Phi) is 7.66. The third-order valence-corrected chi connectivity index (χ3v) is 10.4. The third-order valence-electron chi connectivity index (χ3n) is 10.4. The Morgan fingerprint density at radius 2 is 0.942 bits per heavy atom. The highest BCUT2D eigenvalue weighted by Gasteiger charge is 2.34. The minimum absolute atomic E-state index is 0.150. The van der Waals surface area contributed by atoms with Crippen molar-refractivity contribution in [2.45, 2.75) is 20.8 Å². The van der Waals surface area contributed by atoms with Crippen molar-refractivity contribution in [3.05, 3.63) is 224 Å². The number of aryl methyl sites for hydroxylation is 2. The van der Waals surface area contributed by atoms with Crippen molar-refractivity contribution >= 4 is 33.7 Å². The maximum atomic E-state index is 12.0. The molecule has 9 rings (SSSR count). The van der Waals surface area contributed by atoms with Crippen LogP contribution in [0.4, 0.5) is 0 Å². The van der Waals surface area contributed by atoms with Crippen molar-refractivity contribution in [3.63, 3.8) is 0 Å². The molecule has 0 amide bonds. The van der Waals surface area contributed by atoms with Crippen LogP contribution in [0.25, 0.3) is 22.3 Å². The molecule has 0 saturated carbocycles. The molecule has 0 radical (unpaired) electrons. The van der Waals surface area contributed by atoms with Gasteiger partial charge in [-0.1, -0.05) is 127 Å². The molecule has 250 valence electrons. The van der Waals surface area contributed by atoms with Gasteiger partial charge in [-0.2, -0.15) is 0 Å². The van der Waals surface area contributed by atoms with Crippen molar-refractivity contribution in [1.29, 1.82) is 0 Å². The molecule has 5 aromatic rings. The van der Waals surface area contributed by atoms with Crippen LogP contribution in [-0.4, -0.2) is 21.5 Å². The largest absolute Gasteiger partial charge is 0.508 e. The summed E-state index contributed by atoms with van der Waals surface area (Å²) in [5.41, 5.74) is 15.8. The Morgan fingerprint density at radius 3 is 1.44 bits per heavy atom. The van der Waals surface area contributed by atoms with Crippen LogP contribution in [0.2, 0.25) is 0 Å². The van der Waals surface area contributed by atoms with E-state index in [0.29, 0.717) is 0 Å². The molecular formula is C48H37N3O. The Balaban J connectivity index is 1.42. The van der Waals surface area contributed by atoms with E-state index in [1.807, 2.05) is 30.3 Å². The molecule has 1 aromatic heterocycles. The minimum atomic E-state index is -0.150. The van der Waals surface area contributed by atoms with Crippen molar-refractivity contribution in [3.8, 4) is 0 Å². The number of aliphatic hydroxyl groups is 1. The van der Waals surface area contributed by atoms with Crippen molar-refractivity contribution < 1.29 is 5.11 Å². The first-order chi connectivity index (χ1) is 25.4. The van der Waals surface area contributed by atoms with Crippen molar-refractivity contribution in [2.75, 3.05) is 0 Å². The maximum absolute atomic E-state index is 12.0. The van der Waals surface area contributed by atoms with E-state index in [2.05, 4.69) is 147 Å². The zero-order valence-electron chi connectivity index (χ0n) is 29.4. The molecule has 0 spiro atoms. The van der Waals surface area contributed by atoms with E-state index in [1.165, 1.54) is 11.1 Å². The Morgan fingerprint density at radius 1 is 0.500 bits per heavy atom. The zero-order valence-corrected chi connectivity index (χ0v) is 29.4. The third kappa shape index (κ3) is 5.41. The van der Waals surface area contributed by atoms with Crippen molar-refractivity contribution in [2.24, 2.45) is 15.9 Å². The summed E-state index contributed by atoms with van der Waals surface area (Å²) in [6.07, 6.45) is 10.4. The molecule has 4 nitrogen and oxygen atoms in total. The van der Waals surface area contributed by atoms with Gasteiger partial charge in [0.15, 0.2) is 0 Å². The SMILES string of the molecule is Cc1ccc(C2=c3ccc([nH]3)=C(c3ccc(C)cc3)C3=NC(=C(c4ccccc4)C4=C(O)C=C(C(c5ccccc5)=C5C=CC2=N5)C4C)C=C3)cc1. The van der Waals surface area contributed by atoms with Gasteiger partial charge in [-0.3, -0.25) is 0 Å². The number of aliphatic hydroxyl groups excluding tert-OH is 1. The predicted octanol–water partition coefficient (Wildman–Crippen LogP) is 9.28. The molecule has 1 aliphatic carbocycles. The van der Waals surface area contributed by atoms with Gasteiger partial charge in [-0.25, -0.2) is 9.98 Å². The van der Waals surface area contributed by atoms with Gasteiger partial charge in [0.2, 0.25) is 0 Å². The summed E-state index contributed by atoms with van der Waals surface area (Å²) in [6.45, 7) is 6.40. The Bertz CT molecular complexity index is 2650. The molecule has 1 atom stereocenters. The molecule has 0 saturated heterocycles. The molecule has 4 heteroatoms. The van der Waals surface area contributed by atoms with Crippen LogP contribution in [-0.2, 0) is 0 Å². The molecule has 4 aliphatic rings. The Hall–Kier alpha value is -6.52. The number of rotatable bonds is 4. The summed E-state index contributed by atoms with van der Waals surface area (Å²) in [7, 11) is 0. The molecule has 52 heavy (non-hydrogen) atoms. The standard InChI is InChI=1S/C48H37N3O/c1-29-14-18-34(19-15-29)46-38-23-22-37(49-38)45(32-10-6-4-7-11-32)36-28-43(52)44(31(36)3)48(33-12-8-5-9-13-33)42-27-26-41(51-42)47(40-25-24-39(46)50-40)35-20-16-30(2)17-21-35/h4-28,31,50,52H,1-3H3. The van der Waals surface area contributed by atoms with Crippen LogP contribution < -0.4 is 10.7 Å². The number of nitrogens with one attached hydrogen (secondary N) is 1. The molecule has 3 aliphatic heterocycles. The number of hydrogen-bond donors (Lipinski definition) is 2. The van der Waals surface area contributed by atoms with Crippen LogP contribution in [0.15, 0.2) is 190 Å². The molecule has 2 N–H and O–H groups in total. The first-order valence-corrected chi connectivity index (χ1v) is 17.8. The van der Waals surface area contributed by atoms with E-state index in [0.717, 1.165) is 89.2 Å². The highest BCUT2D eigenvalue weighted by Crippen LogP contribution is 2.48. The van der Waals surface area contributed by atoms with E-state index in [4.69, 9.17) is 9.98 Å². The average molecular weight is 672 g/mol. The molecule has 1 unspecified atom stereocenters. The fourth-order valence-electron chi connectivity index (χ4n) is 7.77. The number of aromatic amines is 1. The van der Waals surface area contributed by atoms with Gasteiger partial charge in [0.1, 0.15) is 5.76 Å². The normalized spacial score (nSPS) is 18.1. The van der Waals surface area contributed by atoms with E-state index in [9.17, 15) is 5.11 Å². The van der Waals surface area contributed by atoms with Gasteiger partial charge in [0, 0.05) is 44.5 Å². The predicted molar refractivity (Wildman–Crippen MR) is 214 cm³/mol. The lowest BCUT2D eigenvalue weighted by Crippen LogP contribution is -2.21. The second-order valence-electron chi connectivity index (χ2n) is 13.8. The number of nitrogens with zero attached hydrogens (tertiary/aromatic N) is 2. The zero-order chi connectivity index (χ0) is 35.3. The van der Waals surface area contributed by atoms with Gasteiger partial charge in [0.05, 0.1) is 22.8 Å². The van der Waals surface area contributed by atoms with Gasteiger partial charge < -0.3 is 10.1 Å². The summed E-state index contributed by atoms with van der Waals surface area (Å²) < 4.78 is 0. The lowest BCUT2D eigenvalue weighted by Gasteiger charge is -2.21. The maximum Gasteiger partial charge on any atom is 0.120 e. The summed E-state index contributed by atoms with van der Waals surface area (Å²) >= 11 is 0. The van der Waals surface area contributed by atoms with Gasteiger partial charge in [0.25, 0.3) is 0 Å². The molecule has 4 aromatic carbocycles. The average Bonchev–Trinajstić information content (AvgIpc) is 3.99. The molecule has 0 fully saturated rings. The van der Waals surface area contributed by atoms with E-state index in [1.54, 1.807) is 0 Å². The number of aliphatic imine (C=N–C) groups is 2. The number of benzene rings is 4. The number of aromatic nitrogens is 1. The van der Waals surface area contributed by atoms with E-state index >= 15 is 0 Å². The summed E-state index contributed by atoms with van der Waals surface area (Å²) in [5.74, 6) is 0.0987. The second-order valence-corrected chi connectivity index (χ2v) is 13.8. The second kappa shape index (κ2) is 12.7. The summed E-state index contributed by atoms with van der Waals surface area (Å²) in [5, 5.41) is 13.9. The monoisotopic (exact) mass is 671 g/mol. The van der Waals surface area contributed by atoms with Crippen LogP contribution >= 0.6 is 0 Å². The van der Waals surface area contributed by atoms with Crippen LogP contribution in [0.5, 0.6) is 0 Å². The highest BCUT2D eigenvalue weighted by molar-refractivity contribution is 6.31. The van der Waals surface area contributed by atoms with Crippen LogP contribution in [0.1, 0.15) is 40.3 Å². The fourth-order valence-corrected chi connectivity index (χ4v) is 7.77. The number of allylic oxidation sites excluding steroid dienone is 9. The molecule has 4 heterocycles. The first kappa shape index (κ1) is 31.5. The summed E-state index contributed by atoms with van der Waals surface area (Å²) in [6, 6.07) is 42.3. The molecule has 8 bridgehead atoms. The Labute approximate surface area is 303 Å². The summed E-state index contributed by atoms with van der Waals surface area (Å²) in [4.78, 5) is 14.6. The topological polar surface area (TPSA) is 60.7 Å².